The van der Waals surface area contributed by atoms with Gasteiger partial charge in [-0.15, -0.1) is 0 Å². The number of alkyl carbamates (subject to hydrolysis) is 2. The molecule has 0 heterocycles. The molecule has 0 fully saturated rings. The van der Waals surface area contributed by atoms with Crippen molar-refractivity contribution in [1.29, 1.82) is 0 Å². The molecular weight excluding hydrogens is 438 g/mol. The summed E-state index contributed by atoms with van der Waals surface area (Å²) in [4.78, 5) is 36.6. The van der Waals surface area contributed by atoms with E-state index < -0.39 is 29.7 Å². The van der Waals surface area contributed by atoms with Crippen molar-refractivity contribution in [1.82, 2.24) is 16.0 Å². The van der Waals surface area contributed by atoms with Gasteiger partial charge in [0.25, 0.3) is 0 Å². The maximum Gasteiger partial charge on any atom is 0.408 e. The molecule has 0 saturated carbocycles. The molecule has 2 aromatic rings. The van der Waals surface area contributed by atoms with Crippen molar-refractivity contribution in [3.8, 4) is 0 Å². The number of ether oxygens (including phenoxy) is 3. The fourth-order valence-electron chi connectivity index (χ4n) is 2.82. The molecule has 184 valence electrons. The van der Waals surface area contributed by atoms with Gasteiger partial charge < -0.3 is 30.2 Å². The van der Waals surface area contributed by atoms with Gasteiger partial charge in [0.2, 0.25) is 5.91 Å². The fraction of sp³-hybridized carbons (Fsp3) is 0.400. The Morgan fingerprint density at radius 3 is 2.03 bits per heavy atom. The monoisotopic (exact) mass is 471 g/mol. The zero-order valence-electron chi connectivity index (χ0n) is 19.8. The Morgan fingerprint density at radius 1 is 0.824 bits per heavy atom. The fourth-order valence-corrected chi connectivity index (χ4v) is 2.82. The van der Waals surface area contributed by atoms with Crippen molar-refractivity contribution in [3.05, 3.63) is 71.8 Å². The number of hydrogen-bond donors (Lipinski definition) is 3. The van der Waals surface area contributed by atoms with Gasteiger partial charge in [-0.25, -0.2) is 9.59 Å². The van der Waals surface area contributed by atoms with E-state index in [2.05, 4.69) is 16.0 Å². The predicted octanol–water partition coefficient (Wildman–Crippen LogP) is 3.31. The minimum absolute atomic E-state index is 0.0982. The quantitative estimate of drug-likeness (QED) is 0.433. The van der Waals surface area contributed by atoms with E-state index in [1.165, 1.54) is 0 Å². The van der Waals surface area contributed by atoms with E-state index in [1.807, 2.05) is 36.4 Å². The van der Waals surface area contributed by atoms with E-state index in [0.717, 1.165) is 5.56 Å². The maximum absolute atomic E-state index is 12.8. The summed E-state index contributed by atoms with van der Waals surface area (Å²) in [5.41, 5.74) is 0.905. The number of carbonyl (C=O) groups excluding carboxylic acids is 3. The van der Waals surface area contributed by atoms with Gasteiger partial charge in [0.15, 0.2) is 0 Å². The highest BCUT2D eigenvalue weighted by molar-refractivity contribution is 5.86. The summed E-state index contributed by atoms with van der Waals surface area (Å²) in [6.07, 6.45) is -1.21. The predicted molar refractivity (Wildman–Crippen MR) is 127 cm³/mol. The number of amides is 3. The van der Waals surface area contributed by atoms with Crippen LogP contribution in [0.2, 0.25) is 0 Å². The molecule has 0 radical (unpaired) electrons. The minimum Gasteiger partial charge on any atom is -0.445 e. The van der Waals surface area contributed by atoms with Crippen molar-refractivity contribution in [2.45, 2.75) is 39.0 Å². The van der Waals surface area contributed by atoms with Gasteiger partial charge in [0.05, 0.1) is 13.2 Å². The highest BCUT2D eigenvalue weighted by Crippen LogP contribution is 2.13. The Kier molecular flexibility index (Phi) is 10.9. The van der Waals surface area contributed by atoms with Crippen LogP contribution in [0.3, 0.4) is 0 Å². The van der Waals surface area contributed by atoms with E-state index in [1.54, 1.807) is 45.0 Å². The Bertz CT molecular complexity index is 900. The molecule has 0 saturated heterocycles. The van der Waals surface area contributed by atoms with Gasteiger partial charge in [-0.05, 0) is 31.9 Å². The third kappa shape index (κ3) is 10.8. The van der Waals surface area contributed by atoms with E-state index in [9.17, 15) is 14.4 Å². The summed E-state index contributed by atoms with van der Waals surface area (Å²) < 4.78 is 15.8. The van der Waals surface area contributed by atoms with Crippen molar-refractivity contribution >= 4 is 18.1 Å². The highest BCUT2D eigenvalue weighted by atomic mass is 16.6. The first-order valence-electron chi connectivity index (χ1n) is 11.1. The van der Waals surface area contributed by atoms with Gasteiger partial charge >= 0.3 is 12.2 Å². The molecule has 34 heavy (non-hydrogen) atoms. The van der Waals surface area contributed by atoms with Crippen LogP contribution in [-0.4, -0.2) is 50.0 Å². The molecule has 0 bridgehead atoms. The van der Waals surface area contributed by atoms with Crippen LogP contribution in [0.5, 0.6) is 0 Å². The second-order valence-electron chi connectivity index (χ2n) is 8.38. The Morgan fingerprint density at radius 2 is 1.41 bits per heavy atom. The molecule has 0 aromatic heterocycles. The minimum atomic E-state index is -0.918. The van der Waals surface area contributed by atoms with Crippen molar-refractivity contribution in [3.63, 3.8) is 0 Å². The molecule has 9 nitrogen and oxygen atoms in total. The molecule has 0 aliphatic carbocycles. The average molecular weight is 472 g/mol. The van der Waals surface area contributed by atoms with Crippen LogP contribution in [0, 0.1) is 0 Å². The molecule has 1 unspecified atom stereocenters. The number of carbonyl (C=O) groups is 3. The summed E-state index contributed by atoms with van der Waals surface area (Å²) in [6, 6.07) is 17.3. The topological polar surface area (TPSA) is 115 Å². The smallest absolute Gasteiger partial charge is 0.408 e. The van der Waals surface area contributed by atoms with Crippen LogP contribution < -0.4 is 16.0 Å². The molecule has 0 aliphatic rings. The van der Waals surface area contributed by atoms with Gasteiger partial charge in [0, 0.05) is 13.1 Å². The molecule has 0 aliphatic heterocycles. The van der Waals surface area contributed by atoms with Gasteiger partial charge in [-0.2, -0.15) is 0 Å². The molecule has 3 N–H and O–H groups in total. The summed E-state index contributed by atoms with van der Waals surface area (Å²) in [5.74, 6) is -0.390. The number of benzene rings is 2. The molecular formula is C25H33N3O6. The molecule has 0 spiro atoms. The standard InChI is InChI=1S/C25H33N3O6/c1-25(2,3)34-23(30)27-15-17-32-16-14-26-22(29)21(20-12-8-5-9-13-20)28-24(31)33-18-19-10-6-4-7-11-19/h4-13,21H,14-18H2,1-3H3,(H,26,29)(H,27,30)(H,28,31). The highest BCUT2D eigenvalue weighted by Gasteiger charge is 2.23. The Balaban J connectivity index is 1.75. The van der Waals surface area contributed by atoms with Crippen LogP contribution in [0.1, 0.15) is 37.9 Å². The SMILES string of the molecule is CC(C)(C)OC(=O)NCCOCCNC(=O)C(NC(=O)OCc1ccccc1)c1ccccc1. The second kappa shape index (κ2) is 13.8. The molecule has 2 rings (SSSR count). The zero-order valence-corrected chi connectivity index (χ0v) is 19.8. The van der Waals surface area contributed by atoms with Crippen LogP contribution in [0.25, 0.3) is 0 Å². The largest absolute Gasteiger partial charge is 0.445 e. The van der Waals surface area contributed by atoms with Crippen LogP contribution in [0.15, 0.2) is 60.7 Å². The van der Waals surface area contributed by atoms with E-state index >= 15 is 0 Å². The molecule has 2 aromatic carbocycles. The third-order valence-corrected chi connectivity index (χ3v) is 4.33. The summed E-state index contributed by atoms with van der Waals surface area (Å²) >= 11 is 0. The van der Waals surface area contributed by atoms with Crippen LogP contribution in [-0.2, 0) is 25.6 Å². The molecule has 9 heteroatoms. The lowest BCUT2D eigenvalue weighted by Gasteiger charge is -2.20. The maximum atomic E-state index is 12.8. The zero-order chi connectivity index (χ0) is 24.8. The number of hydrogen-bond acceptors (Lipinski definition) is 6. The molecule has 3 amide bonds. The van der Waals surface area contributed by atoms with Gasteiger partial charge in [-0.3, -0.25) is 4.79 Å². The molecule has 1 atom stereocenters. The normalized spacial score (nSPS) is 11.7. The van der Waals surface area contributed by atoms with E-state index in [0.29, 0.717) is 5.56 Å². The first-order valence-corrected chi connectivity index (χ1v) is 11.1. The Labute approximate surface area is 200 Å². The first-order chi connectivity index (χ1) is 16.2. The first kappa shape index (κ1) is 26.7. The number of rotatable bonds is 11. The summed E-state index contributed by atoms with van der Waals surface area (Å²) in [6.45, 7) is 6.47. The lowest BCUT2D eigenvalue weighted by molar-refractivity contribution is -0.123. The van der Waals surface area contributed by atoms with Crippen molar-refractivity contribution < 1.29 is 28.6 Å². The Hall–Kier alpha value is -3.59. The lowest BCUT2D eigenvalue weighted by atomic mass is 10.1. The summed E-state index contributed by atoms with van der Waals surface area (Å²) in [5, 5.41) is 7.95. The van der Waals surface area contributed by atoms with Crippen molar-refractivity contribution in [2.75, 3.05) is 26.3 Å². The van der Waals surface area contributed by atoms with E-state index in [4.69, 9.17) is 14.2 Å². The second-order valence-corrected chi connectivity index (χ2v) is 8.38. The van der Waals surface area contributed by atoms with Crippen LogP contribution in [0.4, 0.5) is 9.59 Å². The number of nitrogens with one attached hydrogen (secondary N) is 3. The van der Waals surface area contributed by atoms with Gasteiger partial charge in [-0.1, -0.05) is 60.7 Å². The van der Waals surface area contributed by atoms with E-state index in [-0.39, 0.29) is 32.9 Å². The average Bonchev–Trinajstić information content (AvgIpc) is 2.80. The van der Waals surface area contributed by atoms with Crippen LogP contribution >= 0.6 is 0 Å². The van der Waals surface area contributed by atoms with Crippen molar-refractivity contribution in [2.24, 2.45) is 0 Å². The third-order valence-electron chi connectivity index (χ3n) is 4.33. The summed E-state index contributed by atoms with van der Waals surface area (Å²) in [7, 11) is 0. The lowest BCUT2D eigenvalue weighted by Crippen LogP contribution is -2.41. The van der Waals surface area contributed by atoms with Gasteiger partial charge in [0.1, 0.15) is 18.2 Å².